The van der Waals surface area contributed by atoms with Gasteiger partial charge in [0, 0.05) is 35.8 Å². The lowest BCUT2D eigenvalue weighted by Crippen LogP contribution is -2.43. The minimum Gasteiger partial charge on any atom is -0.392 e. The van der Waals surface area contributed by atoms with Gasteiger partial charge in [0.1, 0.15) is 0 Å². The zero-order chi connectivity index (χ0) is 36.2. The summed E-state index contributed by atoms with van der Waals surface area (Å²) in [6, 6.07) is 42.1. The lowest BCUT2D eigenvalue weighted by atomic mass is 9.89. The van der Waals surface area contributed by atoms with E-state index < -0.39 is 6.29 Å². The van der Waals surface area contributed by atoms with Gasteiger partial charge >= 0.3 is 0 Å². The first-order valence-electron chi connectivity index (χ1n) is 17.8. The third-order valence-corrected chi connectivity index (χ3v) is 10.1. The molecule has 7 rings (SSSR count). The van der Waals surface area contributed by atoms with Crippen LogP contribution < -0.4 is 5.32 Å². The number of Topliss-reactive ketones (excluding diaryl/α,β-unsaturated/α-hetero) is 1. The molecule has 1 amide bonds. The first-order valence-corrected chi connectivity index (χ1v) is 17.8. The highest BCUT2D eigenvalue weighted by Gasteiger charge is 2.39. The van der Waals surface area contributed by atoms with Crippen LogP contribution in [0.3, 0.4) is 0 Å². The van der Waals surface area contributed by atoms with E-state index in [1.54, 1.807) is 24.3 Å². The molecule has 6 aromatic rings. The van der Waals surface area contributed by atoms with Crippen molar-refractivity contribution in [2.45, 2.75) is 51.9 Å². The van der Waals surface area contributed by atoms with Crippen molar-refractivity contribution in [2.75, 3.05) is 18.9 Å². The number of nitrogens with one attached hydrogen (secondary N) is 1. The standard InChI is InChI=1S/C45H44N2O5/c1-29-42(27-47(3)26-41-39-13-6-4-9-36(39)24-37-10-5-7-14-40(37)41)51-45(52-44(29)33-19-17-32(28-48)18-20-33)34-21-15-31(16-22-34)23-43(50)46-38-12-8-11-35(25-38)30(2)49/h4-22,24-25,29,42,44-45,48H,23,26-28H2,1-3H3,(H,46,50). The van der Waals surface area contributed by atoms with Crippen LogP contribution in [-0.4, -0.2) is 41.4 Å². The zero-order valence-corrected chi connectivity index (χ0v) is 29.8. The summed E-state index contributed by atoms with van der Waals surface area (Å²) in [7, 11) is 2.15. The van der Waals surface area contributed by atoms with Crippen LogP contribution in [0.2, 0.25) is 0 Å². The van der Waals surface area contributed by atoms with Crippen LogP contribution in [0.5, 0.6) is 0 Å². The van der Waals surface area contributed by atoms with E-state index in [4.69, 9.17) is 9.47 Å². The first kappa shape index (κ1) is 35.2. The topological polar surface area (TPSA) is 88.1 Å². The number of benzene rings is 6. The SMILES string of the molecule is CC(=O)c1cccc(NC(=O)Cc2ccc(C3OC(CN(C)Cc4c5ccccc5cc5ccccc45)C(C)C(c4ccc(CO)cc4)O3)cc2)c1. The monoisotopic (exact) mass is 692 g/mol. The third-order valence-electron chi connectivity index (χ3n) is 10.1. The largest absolute Gasteiger partial charge is 0.392 e. The van der Waals surface area contributed by atoms with Gasteiger partial charge in [-0.3, -0.25) is 14.5 Å². The van der Waals surface area contributed by atoms with Crippen molar-refractivity contribution in [3.8, 4) is 0 Å². The number of aliphatic hydroxyl groups is 1. The van der Waals surface area contributed by atoms with Crippen LogP contribution in [-0.2, 0) is 33.8 Å². The lowest BCUT2D eigenvalue weighted by Gasteiger charge is -2.42. The van der Waals surface area contributed by atoms with Gasteiger partial charge < -0.3 is 19.9 Å². The summed E-state index contributed by atoms with van der Waals surface area (Å²) in [5.41, 5.74) is 6.05. The van der Waals surface area contributed by atoms with E-state index in [2.05, 4.69) is 78.8 Å². The van der Waals surface area contributed by atoms with Crippen molar-refractivity contribution >= 4 is 38.9 Å². The Kier molecular flexibility index (Phi) is 10.6. The Hall–Kier alpha value is -5.18. The van der Waals surface area contributed by atoms with Gasteiger partial charge in [-0.15, -0.1) is 0 Å². The second-order valence-electron chi connectivity index (χ2n) is 13.9. The molecule has 1 fully saturated rings. The highest BCUT2D eigenvalue weighted by molar-refractivity contribution is 6.02. The number of likely N-dealkylation sites (N-methyl/N-ethyl adjacent to an activating group) is 1. The van der Waals surface area contributed by atoms with E-state index in [9.17, 15) is 14.7 Å². The third kappa shape index (κ3) is 7.83. The van der Waals surface area contributed by atoms with E-state index >= 15 is 0 Å². The number of anilines is 1. The molecule has 1 saturated heterocycles. The second kappa shape index (κ2) is 15.6. The number of aliphatic hydroxyl groups excluding tert-OH is 1. The predicted molar refractivity (Wildman–Crippen MR) is 206 cm³/mol. The number of nitrogens with zero attached hydrogens (tertiary/aromatic N) is 1. The minimum atomic E-state index is -0.618. The number of rotatable bonds is 11. The Labute approximate surface area is 304 Å². The fourth-order valence-electron chi connectivity index (χ4n) is 7.25. The molecule has 0 radical (unpaired) electrons. The molecule has 1 heterocycles. The maximum atomic E-state index is 12.9. The van der Waals surface area contributed by atoms with E-state index in [0.717, 1.165) is 28.8 Å². The molecule has 264 valence electrons. The normalized spacial score (nSPS) is 18.9. The summed E-state index contributed by atoms with van der Waals surface area (Å²) < 4.78 is 13.5. The predicted octanol–water partition coefficient (Wildman–Crippen LogP) is 8.79. The van der Waals surface area contributed by atoms with Crippen molar-refractivity contribution < 1.29 is 24.2 Å². The van der Waals surface area contributed by atoms with E-state index in [-0.39, 0.29) is 42.8 Å². The van der Waals surface area contributed by atoms with Crippen LogP contribution >= 0.6 is 0 Å². The summed E-state index contributed by atoms with van der Waals surface area (Å²) >= 11 is 0. The van der Waals surface area contributed by atoms with Gasteiger partial charge in [-0.1, -0.05) is 116 Å². The summed E-state index contributed by atoms with van der Waals surface area (Å²) in [5, 5.41) is 17.5. The quantitative estimate of drug-likeness (QED) is 0.104. The number of ketones is 1. The summed E-state index contributed by atoms with van der Waals surface area (Å²) in [6.07, 6.45) is -0.819. The maximum absolute atomic E-state index is 12.9. The molecular weight excluding hydrogens is 649 g/mol. The Morgan fingerprint density at radius 3 is 2.04 bits per heavy atom. The van der Waals surface area contributed by atoms with Gasteiger partial charge in [-0.05, 0) is 76.0 Å². The molecule has 1 aliphatic heterocycles. The second-order valence-corrected chi connectivity index (χ2v) is 13.9. The van der Waals surface area contributed by atoms with Gasteiger partial charge in [-0.25, -0.2) is 0 Å². The molecule has 0 spiro atoms. The molecule has 6 aromatic carbocycles. The van der Waals surface area contributed by atoms with E-state index in [1.807, 2.05) is 48.5 Å². The minimum absolute atomic E-state index is 0.0153. The average Bonchev–Trinajstić information content (AvgIpc) is 3.16. The molecule has 7 nitrogen and oxygen atoms in total. The fraction of sp³-hybridized carbons (Fsp3) is 0.244. The highest BCUT2D eigenvalue weighted by Crippen LogP contribution is 2.42. The van der Waals surface area contributed by atoms with Crippen molar-refractivity contribution in [1.29, 1.82) is 0 Å². The Balaban J connectivity index is 1.10. The summed E-state index contributed by atoms with van der Waals surface area (Å²) in [5.74, 6) is -0.182. The summed E-state index contributed by atoms with van der Waals surface area (Å²) in [4.78, 5) is 27.0. The molecule has 7 heteroatoms. The van der Waals surface area contributed by atoms with Crippen LogP contribution in [0.25, 0.3) is 21.5 Å². The van der Waals surface area contributed by atoms with Crippen molar-refractivity contribution in [3.05, 3.63) is 161 Å². The first-order chi connectivity index (χ1) is 25.2. The molecule has 4 unspecified atom stereocenters. The van der Waals surface area contributed by atoms with Gasteiger partial charge in [0.25, 0.3) is 0 Å². The molecule has 0 saturated carbocycles. The van der Waals surface area contributed by atoms with Crippen molar-refractivity contribution in [1.82, 2.24) is 4.90 Å². The number of ether oxygens (including phenoxy) is 2. The molecular formula is C45H44N2O5. The van der Waals surface area contributed by atoms with Gasteiger partial charge in [0.15, 0.2) is 12.1 Å². The smallest absolute Gasteiger partial charge is 0.228 e. The summed E-state index contributed by atoms with van der Waals surface area (Å²) in [6.45, 7) is 5.12. The number of amides is 1. The number of hydrogen-bond donors (Lipinski definition) is 2. The molecule has 0 aliphatic carbocycles. The molecule has 1 aliphatic rings. The van der Waals surface area contributed by atoms with Crippen LogP contribution in [0.15, 0.2) is 127 Å². The fourth-order valence-corrected chi connectivity index (χ4v) is 7.25. The average molecular weight is 693 g/mol. The van der Waals surface area contributed by atoms with Crippen LogP contribution in [0.1, 0.15) is 64.4 Å². The van der Waals surface area contributed by atoms with Gasteiger partial charge in [0.05, 0.1) is 25.2 Å². The zero-order valence-electron chi connectivity index (χ0n) is 29.8. The highest BCUT2D eigenvalue weighted by atomic mass is 16.7. The van der Waals surface area contributed by atoms with Gasteiger partial charge in [0.2, 0.25) is 5.91 Å². The lowest BCUT2D eigenvalue weighted by molar-refractivity contribution is -0.276. The van der Waals surface area contributed by atoms with Crippen molar-refractivity contribution in [3.63, 3.8) is 0 Å². The van der Waals surface area contributed by atoms with Crippen LogP contribution in [0, 0.1) is 5.92 Å². The number of carbonyl (C=O) groups is 2. The molecule has 2 N–H and O–H groups in total. The Morgan fingerprint density at radius 1 is 0.750 bits per heavy atom. The van der Waals surface area contributed by atoms with Crippen molar-refractivity contribution in [2.24, 2.45) is 5.92 Å². The van der Waals surface area contributed by atoms with E-state index in [0.29, 0.717) is 17.8 Å². The maximum Gasteiger partial charge on any atom is 0.228 e. The number of carbonyl (C=O) groups excluding carboxylic acids is 2. The van der Waals surface area contributed by atoms with E-state index in [1.165, 1.54) is 34.0 Å². The number of fused-ring (bicyclic) bond motifs is 2. The Morgan fingerprint density at radius 2 is 1.38 bits per heavy atom. The Bertz CT molecular complexity index is 2140. The molecule has 0 bridgehead atoms. The van der Waals surface area contributed by atoms with Gasteiger partial charge in [-0.2, -0.15) is 0 Å². The molecule has 4 atom stereocenters. The molecule has 0 aromatic heterocycles. The molecule has 52 heavy (non-hydrogen) atoms. The van der Waals surface area contributed by atoms with Crippen LogP contribution in [0.4, 0.5) is 5.69 Å². The number of hydrogen-bond acceptors (Lipinski definition) is 6.